The maximum absolute atomic E-state index is 12.7. The van der Waals surface area contributed by atoms with Crippen LogP contribution in [0.25, 0.3) is 0 Å². The summed E-state index contributed by atoms with van der Waals surface area (Å²) in [6.45, 7) is 8.98. The summed E-state index contributed by atoms with van der Waals surface area (Å²) >= 11 is 0. The van der Waals surface area contributed by atoms with Crippen LogP contribution in [0.15, 0.2) is 18.5 Å². The molecule has 0 atom stereocenters. The molecule has 0 spiro atoms. The molecule has 2 aliphatic heterocycles. The van der Waals surface area contributed by atoms with Crippen LogP contribution in [0.4, 0.5) is 5.69 Å². The van der Waals surface area contributed by atoms with Gasteiger partial charge >= 0.3 is 0 Å². The SMILES string of the molecule is CCN1CCN(C(=O)c2cncc(N3CCCCCC3)c2)CC1. The van der Waals surface area contributed by atoms with Crippen molar-refractivity contribution < 1.29 is 4.79 Å². The fourth-order valence-corrected chi connectivity index (χ4v) is 3.50. The molecule has 3 heterocycles. The summed E-state index contributed by atoms with van der Waals surface area (Å²) in [4.78, 5) is 23.8. The number of nitrogens with zero attached hydrogens (tertiary/aromatic N) is 4. The summed E-state index contributed by atoms with van der Waals surface area (Å²) in [6, 6.07) is 2.03. The highest BCUT2D eigenvalue weighted by Gasteiger charge is 2.22. The Bertz CT molecular complexity index is 518. The van der Waals surface area contributed by atoms with Gasteiger partial charge in [0.1, 0.15) is 0 Å². The van der Waals surface area contributed by atoms with Gasteiger partial charge in [-0.15, -0.1) is 0 Å². The lowest BCUT2D eigenvalue weighted by atomic mass is 10.2. The molecule has 1 aromatic rings. The number of carbonyl (C=O) groups is 1. The monoisotopic (exact) mass is 316 g/mol. The fourth-order valence-electron chi connectivity index (χ4n) is 3.50. The molecule has 0 unspecified atom stereocenters. The maximum Gasteiger partial charge on any atom is 0.255 e. The minimum absolute atomic E-state index is 0.130. The molecule has 0 aromatic carbocycles. The van der Waals surface area contributed by atoms with Crippen LogP contribution in [-0.2, 0) is 0 Å². The Morgan fingerprint density at radius 2 is 1.70 bits per heavy atom. The molecule has 126 valence electrons. The third kappa shape index (κ3) is 4.02. The van der Waals surface area contributed by atoms with Gasteiger partial charge < -0.3 is 14.7 Å². The molecule has 5 nitrogen and oxygen atoms in total. The molecular weight excluding hydrogens is 288 g/mol. The number of aromatic nitrogens is 1. The molecule has 2 fully saturated rings. The lowest BCUT2D eigenvalue weighted by molar-refractivity contribution is 0.0643. The van der Waals surface area contributed by atoms with Crippen molar-refractivity contribution in [2.75, 3.05) is 50.7 Å². The van der Waals surface area contributed by atoms with Gasteiger partial charge in [0.25, 0.3) is 5.91 Å². The standard InChI is InChI=1S/C18H28N4O/c1-2-20-9-11-22(12-10-20)18(23)16-13-17(15-19-14-16)21-7-5-3-4-6-8-21/h13-15H,2-12H2,1H3. The van der Waals surface area contributed by atoms with Crippen LogP contribution >= 0.6 is 0 Å². The van der Waals surface area contributed by atoms with Crippen molar-refractivity contribution in [3.63, 3.8) is 0 Å². The fraction of sp³-hybridized carbons (Fsp3) is 0.667. The minimum atomic E-state index is 0.130. The summed E-state index contributed by atoms with van der Waals surface area (Å²) in [5.74, 6) is 0.130. The van der Waals surface area contributed by atoms with E-state index in [4.69, 9.17) is 0 Å². The molecule has 0 aliphatic carbocycles. The number of likely N-dealkylation sites (N-methyl/N-ethyl adjacent to an activating group) is 1. The quantitative estimate of drug-likeness (QED) is 0.857. The molecule has 3 rings (SSSR count). The van der Waals surface area contributed by atoms with E-state index in [1.807, 2.05) is 17.2 Å². The number of rotatable bonds is 3. The van der Waals surface area contributed by atoms with Crippen molar-refractivity contribution >= 4 is 11.6 Å². The van der Waals surface area contributed by atoms with Gasteiger partial charge in [0.15, 0.2) is 0 Å². The van der Waals surface area contributed by atoms with Gasteiger partial charge in [0.05, 0.1) is 17.4 Å². The van der Waals surface area contributed by atoms with Crippen molar-refractivity contribution in [1.29, 1.82) is 0 Å². The largest absolute Gasteiger partial charge is 0.370 e. The second kappa shape index (κ2) is 7.77. The van der Waals surface area contributed by atoms with Crippen LogP contribution in [0.5, 0.6) is 0 Å². The van der Waals surface area contributed by atoms with Crippen LogP contribution in [0.1, 0.15) is 43.0 Å². The highest BCUT2D eigenvalue weighted by Crippen LogP contribution is 2.20. The van der Waals surface area contributed by atoms with Gasteiger partial charge in [-0.2, -0.15) is 0 Å². The third-order valence-electron chi connectivity index (χ3n) is 5.05. The lowest BCUT2D eigenvalue weighted by Gasteiger charge is -2.34. The molecule has 0 radical (unpaired) electrons. The molecule has 0 bridgehead atoms. The smallest absolute Gasteiger partial charge is 0.255 e. The van der Waals surface area contributed by atoms with Gasteiger partial charge in [-0.25, -0.2) is 0 Å². The predicted octanol–water partition coefficient (Wildman–Crippen LogP) is 2.24. The van der Waals surface area contributed by atoms with Crippen molar-refractivity contribution in [1.82, 2.24) is 14.8 Å². The lowest BCUT2D eigenvalue weighted by Crippen LogP contribution is -2.48. The Kier molecular flexibility index (Phi) is 5.49. The Hall–Kier alpha value is -1.62. The first kappa shape index (κ1) is 16.2. The van der Waals surface area contributed by atoms with E-state index in [1.165, 1.54) is 25.7 Å². The number of amides is 1. The Balaban J connectivity index is 1.68. The van der Waals surface area contributed by atoms with Gasteiger partial charge in [0, 0.05) is 45.5 Å². The molecule has 0 N–H and O–H groups in total. The van der Waals surface area contributed by atoms with Crippen molar-refractivity contribution in [3.05, 3.63) is 24.0 Å². The zero-order valence-electron chi connectivity index (χ0n) is 14.2. The number of anilines is 1. The number of piperazine rings is 1. The van der Waals surface area contributed by atoms with E-state index in [2.05, 4.69) is 21.7 Å². The number of hydrogen-bond acceptors (Lipinski definition) is 4. The molecular formula is C18H28N4O. The minimum Gasteiger partial charge on any atom is -0.370 e. The zero-order valence-corrected chi connectivity index (χ0v) is 14.2. The first-order chi connectivity index (χ1) is 11.3. The van der Waals surface area contributed by atoms with Crippen molar-refractivity contribution in [2.45, 2.75) is 32.6 Å². The highest BCUT2D eigenvalue weighted by molar-refractivity contribution is 5.94. The van der Waals surface area contributed by atoms with E-state index in [1.54, 1.807) is 6.20 Å². The maximum atomic E-state index is 12.7. The first-order valence-corrected chi connectivity index (χ1v) is 8.99. The molecule has 1 amide bonds. The Labute approximate surface area is 139 Å². The van der Waals surface area contributed by atoms with Gasteiger partial charge in [0.2, 0.25) is 0 Å². The molecule has 5 heteroatoms. The van der Waals surface area contributed by atoms with Gasteiger partial charge in [-0.1, -0.05) is 19.8 Å². The average Bonchev–Trinajstić information content (AvgIpc) is 2.91. The van der Waals surface area contributed by atoms with E-state index in [0.29, 0.717) is 0 Å². The summed E-state index contributed by atoms with van der Waals surface area (Å²) in [6.07, 6.45) is 8.70. The summed E-state index contributed by atoms with van der Waals surface area (Å²) in [5, 5.41) is 0. The molecule has 23 heavy (non-hydrogen) atoms. The Morgan fingerprint density at radius 3 is 2.35 bits per heavy atom. The summed E-state index contributed by atoms with van der Waals surface area (Å²) < 4.78 is 0. The predicted molar refractivity (Wildman–Crippen MR) is 92.9 cm³/mol. The summed E-state index contributed by atoms with van der Waals surface area (Å²) in [7, 11) is 0. The first-order valence-electron chi connectivity index (χ1n) is 8.99. The van der Waals surface area contributed by atoms with Crippen LogP contribution in [0, 0.1) is 0 Å². The van der Waals surface area contributed by atoms with Crippen molar-refractivity contribution in [3.8, 4) is 0 Å². The molecule has 0 saturated carbocycles. The van der Waals surface area contributed by atoms with Gasteiger partial charge in [-0.05, 0) is 25.5 Å². The zero-order chi connectivity index (χ0) is 16.1. The van der Waals surface area contributed by atoms with Crippen LogP contribution < -0.4 is 4.90 Å². The number of pyridine rings is 1. The topological polar surface area (TPSA) is 39.7 Å². The van der Waals surface area contributed by atoms with E-state index < -0.39 is 0 Å². The molecule has 1 aromatic heterocycles. The van der Waals surface area contributed by atoms with Crippen LogP contribution in [0.2, 0.25) is 0 Å². The van der Waals surface area contributed by atoms with E-state index >= 15 is 0 Å². The van der Waals surface area contributed by atoms with E-state index in [0.717, 1.165) is 57.1 Å². The number of hydrogen-bond donors (Lipinski definition) is 0. The second-order valence-corrected chi connectivity index (χ2v) is 6.56. The normalized spacial score (nSPS) is 20.4. The highest BCUT2D eigenvalue weighted by atomic mass is 16.2. The second-order valence-electron chi connectivity index (χ2n) is 6.56. The Morgan fingerprint density at radius 1 is 1.00 bits per heavy atom. The van der Waals surface area contributed by atoms with Crippen LogP contribution in [0.3, 0.4) is 0 Å². The van der Waals surface area contributed by atoms with Gasteiger partial charge in [-0.3, -0.25) is 9.78 Å². The van der Waals surface area contributed by atoms with Crippen molar-refractivity contribution in [2.24, 2.45) is 0 Å². The van der Waals surface area contributed by atoms with Crippen LogP contribution in [-0.4, -0.2) is 66.5 Å². The molecule has 2 saturated heterocycles. The molecule has 2 aliphatic rings. The third-order valence-corrected chi connectivity index (χ3v) is 5.05. The van der Waals surface area contributed by atoms with E-state index in [-0.39, 0.29) is 5.91 Å². The number of carbonyl (C=O) groups excluding carboxylic acids is 1. The average molecular weight is 316 g/mol. The van der Waals surface area contributed by atoms with E-state index in [9.17, 15) is 4.79 Å². The summed E-state index contributed by atoms with van der Waals surface area (Å²) in [5.41, 5.74) is 1.83.